The number of carbonyl (C=O) groups is 1. The van der Waals surface area contributed by atoms with Crippen LogP contribution in [-0.4, -0.2) is 62.5 Å². The smallest absolute Gasteiger partial charge is 0.307 e. The number of benzene rings is 1. The lowest BCUT2D eigenvalue weighted by molar-refractivity contribution is -0.141. The van der Waals surface area contributed by atoms with Crippen LogP contribution in [0.2, 0.25) is 0 Å². The second-order valence-corrected chi connectivity index (χ2v) is 13.5. The number of hydrogen-bond acceptors (Lipinski definition) is 7. The zero-order valence-electron chi connectivity index (χ0n) is 24.4. The molecule has 0 radical (unpaired) electrons. The van der Waals surface area contributed by atoms with Crippen LogP contribution in [0.15, 0.2) is 53.7 Å². The predicted molar refractivity (Wildman–Crippen MR) is 159 cm³/mol. The van der Waals surface area contributed by atoms with E-state index in [0.717, 1.165) is 59.4 Å². The number of hydrogen-bond donors (Lipinski definition) is 1. The van der Waals surface area contributed by atoms with E-state index in [-0.39, 0.29) is 17.5 Å². The van der Waals surface area contributed by atoms with E-state index in [1.807, 2.05) is 55.6 Å². The van der Waals surface area contributed by atoms with Gasteiger partial charge < -0.3 is 10.0 Å². The van der Waals surface area contributed by atoms with Gasteiger partial charge in [0.2, 0.25) is 10.0 Å². The van der Waals surface area contributed by atoms with Crippen LogP contribution in [-0.2, 0) is 21.4 Å². The third-order valence-corrected chi connectivity index (χ3v) is 10.9. The monoisotopic (exact) mass is 588 g/mol. The second kappa shape index (κ2) is 10.8. The molecule has 0 bridgehead atoms. The first kappa shape index (κ1) is 28.3. The Bertz CT molecular complexity index is 1790. The Balaban J connectivity index is 1.42. The van der Waals surface area contributed by atoms with Crippen LogP contribution in [0.5, 0.6) is 0 Å². The van der Waals surface area contributed by atoms with Gasteiger partial charge in [-0.1, -0.05) is 25.1 Å². The van der Waals surface area contributed by atoms with Crippen LogP contribution in [0.1, 0.15) is 65.7 Å². The van der Waals surface area contributed by atoms with Gasteiger partial charge in [-0.15, -0.1) is 10.2 Å². The molecule has 0 saturated carbocycles. The number of aromatic nitrogens is 4. The molecule has 3 atom stereocenters. The Kier molecular flexibility index (Phi) is 7.26. The lowest BCUT2D eigenvalue weighted by atomic mass is 9.79. The van der Waals surface area contributed by atoms with Gasteiger partial charge in [-0.05, 0) is 86.1 Å². The molecule has 6 rings (SSSR count). The largest absolute Gasteiger partial charge is 0.481 e. The summed E-state index contributed by atoms with van der Waals surface area (Å²) in [5.41, 5.74) is 5.05. The quantitative estimate of drug-likeness (QED) is 0.350. The van der Waals surface area contributed by atoms with Crippen LogP contribution in [0, 0.1) is 26.7 Å². The molecule has 1 aromatic carbocycles. The summed E-state index contributed by atoms with van der Waals surface area (Å²) in [4.78, 5) is 19.3. The zero-order chi connectivity index (χ0) is 29.8. The van der Waals surface area contributed by atoms with Crippen molar-refractivity contribution in [1.29, 1.82) is 0 Å². The third-order valence-electron chi connectivity index (χ3n) is 9.02. The second-order valence-electron chi connectivity index (χ2n) is 11.6. The van der Waals surface area contributed by atoms with Gasteiger partial charge in [-0.25, -0.2) is 13.4 Å². The highest BCUT2D eigenvalue weighted by molar-refractivity contribution is 7.89. The van der Waals surface area contributed by atoms with Crippen LogP contribution in [0.25, 0.3) is 5.65 Å². The molecule has 1 saturated heterocycles. The average Bonchev–Trinajstić information content (AvgIpc) is 3.32. The van der Waals surface area contributed by atoms with Crippen molar-refractivity contribution in [2.75, 3.05) is 18.0 Å². The lowest BCUT2D eigenvalue weighted by Gasteiger charge is -2.36. The summed E-state index contributed by atoms with van der Waals surface area (Å²) < 4.78 is 31.6. The van der Waals surface area contributed by atoms with Crippen LogP contribution >= 0.6 is 0 Å². The SMILES string of the molecule is Cc1ccc([C@@H](c2ccn3c(C)nnc3c2C)C(C)C(=O)O)cc1CN1C[C@@H]2CCCCN2c2ncccc2S1(=O)=O. The van der Waals surface area contributed by atoms with Crippen molar-refractivity contribution in [1.82, 2.24) is 23.9 Å². The molecule has 3 aromatic heterocycles. The van der Waals surface area contributed by atoms with E-state index in [2.05, 4.69) is 20.1 Å². The van der Waals surface area contributed by atoms with E-state index >= 15 is 0 Å². The molecule has 4 aromatic rings. The van der Waals surface area contributed by atoms with Gasteiger partial charge in [0.1, 0.15) is 16.5 Å². The van der Waals surface area contributed by atoms with Crippen molar-refractivity contribution in [2.24, 2.45) is 5.92 Å². The van der Waals surface area contributed by atoms with E-state index in [9.17, 15) is 18.3 Å². The summed E-state index contributed by atoms with van der Waals surface area (Å²) in [5, 5.41) is 18.7. The maximum Gasteiger partial charge on any atom is 0.307 e. The van der Waals surface area contributed by atoms with Crippen molar-refractivity contribution < 1.29 is 18.3 Å². The Hall–Kier alpha value is -3.83. The van der Waals surface area contributed by atoms with Crippen molar-refractivity contribution in [3.05, 3.63) is 82.4 Å². The van der Waals surface area contributed by atoms with Crippen molar-refractivity contribution in [3.63, 3.8) is 0 Å². The van der Waals surface area contributed by atoms with Crippen molar-refractivity contribution in [3.8, 4) is 0 Å². The number of nitrogens with zero attached hydrogens (tertiary/aromatic N) is 6. The first-order chi connectivity index (χ1) is 20.1. The maximum atomic E-state index is 14.1. The Morgan fingerprint density at radius 1 is 1.12 bits per heavy atom. The first-order valence-electron chi connectivity index (χ1n) is 14.4. The van der Waals surface area contributed by atoms with E-state index < -0.39 is 27.8 Å². The number of rotatable bonds is 6. The Labute approximate surface area is 246 Å². The molecule has 1 unspecified atom stereocenters. The van der Waals surface area contributed by atoms with E-state index in [0.29, 0.717) is 18.0 Å². The summed E-state index contributed by atoms with van der Waals surface area (Å²) in [7, 11) is -3.82. The normalized spacial score (nSPS) is 20.0. The molecule has 2 aliphatic heterocycles. The number of aryl methyl sites for hydroxylation is 3. The molecule has 220 valence electrons. The Morgan fingerprint density at radius 3 is 2.71 bits per heavy atom. The van der Waals surface area contributed by atoms with Crippen LogP contribution in [0.3, 0.4) is 0 Å². The minimum absolute atomic E-state index is 0.0499. The predicted octanol–water partition coefficient (Wildman–Crippen LogP) is 4.47. The third kappa shape index (κ3) is 4.74. The molecule has 0 amide bonds. The Morgan fingerprint density at radius 2 is 1.93 bits per heavy atom. The highest BCUT2D eigenvalue weighted by Crippen LogP contribution is 2.38. The molecule has 2 aliphatic rings. The fraction of sp³-hybridized carbons (Fsp3) is 0.419. The van der Waals surface area contributed by atoms with Gasteiger partial charge in [-0.3, -0.25) is 9.20 Å². The number of piperidine rings is 1. The van der Waals surface area contributed by atoms with Gasteiger partial charge in [0, 0.05) is 44.0 Å². The molecule has 1 N–H and O–H groups in total. The first-order valence-corrected chi connectivity index (χ1v) is 15.9. The van der Waals surface area contributed by atoms with Crippen LogP contribution in [0.4, 0.5) is 5.82 Å². The van der Waals surface area contributed by atoms with Gasteiger partial charge in [0.25, 0.3) is 0 Å². The van der Waals surface area contributed by atoms with Gasteiger partial charge in [0.15, 0.2) is 5.65 Å². The zero-order valence-corrected chi connectivity index (χ0v) is 25.2. The summed E-state index contributed by atoms with van der Waals surface area (Å²) in [6, 6.07) is 11.2. The van der Waals surface area contributed by atoms with Gasteiger partial charge >= 0.3 is 5.97 Å². The summed E-state index contributed by atoms with van der Waals surface area (Å²) in [5.74, 6) is -0.812. The molecular weight excluding hydrogens is 552 g/mol. The number of pyridine rings is 2. The van der Waals surface area contributed by atoms with Crippen molar-refractivity contribution in [2.45, 2.75) is 70.4 Å². The maximum absolute atomic E-state index is 14.1. The average molecular weight is 589 g/mol. The molecule has 10 nitrogen and oxygen atoms in total. The number of anilines is 1. The van der Waals surface area contributed by atoms with E-state index in [4.69, 9.17) is 0 Å². The van der Waals surface area contributed by atoms with E-state index in [1.54, 1.807) is 29.6 Å². The highest BCUT2D eigenvalue weighted by Gasteiger charge is 2.39. The highest BCUT2D eigenvalue weighted by atomic mass is 32.2. The molecule has 1 fully saturated rings. The molecule has 0 spiro atoms. The fourth-order valence-electron chi connectivity index (χ4n) is 6.56. The fourth-order valence-corrected chi connectivity index (χ4v) is 8.17. The topological polar surface area (TPSA) is 121 Å². The van der Waals surface area contributed by atoms with Crippen molar-refractivity contribution >= 4 is 27.5 Å². The molecule has 0 aliphatic carbocycles. The number of sulfonamides is 1. The summed E-state index contributed by atoms with van der Waals surface area (Å²) in [6.45, 7) is 8.86. The number of aliphatic carboxylic acids is 1. The molecular formula is C31H36N6O4S. The molecule has 5 heterocycles. The minimum atomic E-state index is -3.82. The molecule has 42 heavy (non-hydrogen) atoms. The van der Waals surface area contributed by atoms with Gasteiger partial charge in [-0.2, -0.15) is 4.31 Å². The number of carboxylic acid groups (broad SMARTS) is 1. The summed E-state index contributed by atoms with van der Waals surface area (Å²) >= 11 is 0. The number of fused-ring (bicyclic) bond motifs is 4. The minimum Gasteiger partial charge on any atom is -0.481 e. The van der Waals surface area contributed by atoms with Gasteiger partial charge in [0.05, 0.1) is 5.92 Å². The molecule has 11 heteroatoms. The van der Waals surface area contributed by atoms with E-state index in [1.165, 1.54) is 0 Å². The standard InChI is InChI=1S/C31H36N6O4S/c1-19-10-11-23(28(21(3)31(38)39)26-12-15-36-22(4)33-34-29(36)20(26)2)16-24(19)17-35-18-25-8-5-6-14-37(25)30-27(42(35,40)41)9-7-13-32-30/h7,9-13,15-16,21,25,28H,5-6,8,14,17-18H2,1-4H3,(H,38,39)/t21?,25-,28-/m0/s1. The summed E-state index contributed by atoms with van der Waals surface area (Å²) in [6.07, 6.45) is 6.51. The lowest BCUT2D eigenvalue weighted by Crippen LogP contribution is -2.45. The van der Waals surface area contributed by atoms with Crippen LogP contribution < -0.4 is 4.90 Å². The number of carboxylic acids is 1.